The van der Waals surface area contributed by atoms with E-state index in [0.717, 1.165) is 29.4 Å². The number of aliphatic hydroxyl groups is 1. The third-order valence-electron chi connectivity index (χ3n) is 6.59. The summed E-state index contributed by atoms with van der Waals surface area (Å²) in [6.45, 7) is 5.61. The summed E-state index contributed by atoms with van der Waals surface area (Å²) in [7, 11) is 0. The molecule has 31 heavy (non-hydrogen) atoms. The zero-order valence-corrected chi connectivity index (χ0v) is 18.1. The predicted octanol–water partition coefficient (Wildman–Crippen LogP) is 1.16. The Kier molecular flexibility index (Phi) is 6.50. The van der Waals surface area contributed by atoms with E-state index in [1.54, 1.807) is 0 Å². The van der Waals surface area contributed by atoms with Gasteiger partial charge < -0.3 is 15.3 Å². The van der Waals surface area contributed by atoms with E-state index in [1.165, 1.54) is 0 Å². The molecule has 4 rings (SSSR count). The van der Waals surface area contributed by atoms with Crippen LogP contribution in [0.5, 0.6) is 0 Å². The Morgan fingerprint density at radius 3 is 2.84 bits per heavy atom. The molecule has 8 heteroatoms. The molecule has 0 radical (unpaired) electrons. The molecule has 2 aliphatic heterocycles. The average molecular weight is 426 g/mol. The van der Waals surface area contributed by atoms with E-state index in [0.29, 0.717) is 24.7 Å². The molecule has 8 nitrogen and oxygen atoms in total. The van der Waals surface area contributed by atoms with Crippen LogP contribution < -0.4 is 16.2 Å². The second kappa shape index (κ2) is 9.30. The predicted molar refractivity (Wildman–Crippen MR) is 118 cm³/mol. The van der Waals surface area contributed by atoms with E-state index in [2.05, 4.69) is 30.0 Å². The highest BCUT2D eigenvalue weighted by atomic mass is 16.3. The van der Waals surface area contributed by atoms with Gasteiger partial charge in [0.2, 0.25) is 5.91 Å². The van der Waals surface area contributed by atoms with Crippen LogP contribution in [0.1, 0.15) is 48.7 Å². The van der Waals surface area contributed by atoms with Crippen molar-refractivity contribution in [3.63, 3.8) is 0 Å². The standard InChI is InChI=1S/C23H31N5O3/c1-3-18-14(2)21(27-26-18)23(31)28-10-8-15(13-28)20-12-17(22(30)24-9-11-29)16-6-4-5-7-19(16)25-20/h4-7,12,14-15,18,21,26-27,29H,3,8-11,13H2,1-2H3,(H,24,30). The van der Waals surface area contributed by atoms with E-state index in [-0.39, 0.29) is 42.8 Å². The quantitative estimate of drug-likeness (QED) is 0.554. The van der Waals surface area contributed by atoms with Gasteiger partial charge in [0, 0.05) is 42.7 Å². The maximum Gasteiger partial charge on any atom is 0.252 e. The summed E-state index contributed by atoms with van der Waals surface area (Å²) in [5.74, 6) is 0.224. The summed E-state index contributed by atoms with van der Waals surface area (Å²) >= 11 is 0. The highest BCUT2D eigenvalue weighted by Gasteiger charge is 2.40. The number of nitrogens with one attached hydrogen (secondary N) is 3. The third-order valence-corrected chi connectivity index (χ3v) is 6.59. The molecule has 4 unspecified atom stereocenters. The molecule has 4 atom stereocenters. The lowest BCUT2D eigenvalue weighted by molar-refractivity contribution is -0.133. The number of aliphatic hydroxyl groups excluding tert-OH is 1. The number of fused-ring (bicyclic) bond motifs is 1. The number of carbonyl (C=O) groups excluding carboxylic acids is 2. The zero-order chi connectivity index (χ0) is 22.0. The maximum absolute atomic E-state index is 13.1. The summed E-state index contributed by atoms with van der Waals surface area (Å²) in [6, 6.07) is 9.51. The monoisotopic (exact) mass is 425 g/mol. The first-order valence-electron chi connectivity index (χ1n) is 11.1. The minimum Gasteiger partial charge on any atom is -0.395 e. The van der Waals surface area contributed by atoms with Gasteiger partial charge in [-0.1, -0.05) is 32.0 Å². The summed E-state index contributed by atoms with van der Waals surface area (Å²) in [4.78, 5) is 32.5. The third kappa shape index (κ3) is 4.28. The molecule has 0 spiro atoms. The van der Waals surface area contributed by atoms with Gasteiger partial charge in [0.05, 0.1) is 17.7 Å². The molecule has 0 bridgehead atoms. The number of likely N-dealkylation sites (tertiary alicyclic amines) is 1. The molecule has 166 valence electrons. The lowest BCUT2D eigenvalue weighted by Crippen LogP contribution is -2.46. The van der Waals surface area contributed by atoms with E-state index >= 15 is 0 Å². The summed E-state index contributed by atoms with van der Waals surface area (Å²) in [5, 5.41) is 12.6. The Labute approximate surface area is 182 Å². The number of hydrogen-bond donors (Lipinski definition) is 4. The number of aromatic nitrogens is 1. The lowest BCUT2D eigenvalue weighted by Gasteiger charge is -2.23. The number of hydrogen-bond acceptors (Lipinski definition) is 6. The minimum atomic E-state index is -0.222. The van der Waals surface area contributed by atoms with Crippen molar-refractivity contribution in [2.45, 2.75) is 44.7 Å². The first kappa shape index (κ1) is 21.7. The van der Waals surface area contributed by atoms with Crippen LogP contribution in [0.2, 0.25) is 0 Å². The lowest BCUT2D eigenvalue weighted by atomic mass is 9.94. The Morgan fingerprint density at radius 1 is 1.29 bits per heavy atom. The first-order valence-corrected chi connectivity index (χ1v) is 11.1. The number of hydrazine groups is 1. The van der Waals surface area contributed by atoms with Crippen molar-refractivity contribution >= 4 is 22.7 Å². The Hall–Kier alpha value is -2.55. The topological polar surface area (TPSA) is 107 Å². The Morgan fingerprint density at radius 2 is 2.10 bits per heavy atom. The molecule has 2 saturated heterocycles. The fourth-order valence-electron chi connectivity index (χ4n) is 4.71. The van der Waals surface area contributed by atoms with E-state index in [9.17, 15) is 9.59 Å². The van der Waals surface area contributed by atoms with Crippen molar-refractivity contribution in [2.75, 3.05) is 26.2 Å². The molecular weight excluding hydrogens is 394 g/mol. The van der Waals surface area contributed by atoms with Gasteiger partial charge in [-0.3, -0.25) is 20.0 Å². The fourth-order valence-corrected chi connectivity index (χ4v) is 4.71. The van der Waals surface area contributed by atoms with Gasteiger partial charge in [0.25, 0.3) is 5.91 Å². The van der Waals surface area contributed by atoms with Gasteiger partial charge in [-0.25, -0.2) is 5.43 Å². The number of carbonyl (C=O) groups is 2. The van der Waals surface area contributed by atoms with Crippen LogP contribution in [-0.2, 0) is 4.79 Å². The van der Waals surface area contributed by atoms with Crippen LogP contribution in [0.25, 0.3) is 10.9 Å². The molecule has 0 aliphatic carbocycles. The van der Waals surface area contributed by atoms with Gasteiger partial charge in [-0.05, 0) is 30.9 Å². The van der Waals surface area contributed by atoms with Crippen molar-refractivity contribution in [3.05, 3.63) is 41.6 Å². The van der Waals surface area contributed by atoms with Crippen molar-refractivity contribution < 1.29 is 14.7 Å². The average Bonchev–Trinajstić information content (AvgIpc) is 3.43. The van der Waals surface area contributed by atoms with Crippen molar-refractivity contribution in [2.24, 2.45) is 5.92 Å². The van der Waals surface area contributed by atoms with Crippen molar-refractivity contribution in [1.29, 1.82) is 0 Å². The first-order chi connectivity index (χ1) is 15.0. The number of pyridine rings is 1. The highest BCUT2D eigenvalue weighted by Crippen LogP contribution is 2.30. The maximum atomic E-state index is 13.1. The molecule has 2 aliphatic rings. The normalized spacial score (nSPS) is 25.8. The molecular formula is C23H31N5O3. The Bertz CT molecular complexity index is 965. The second-order valence-electron chi connectivity index (χ2n) is 8.50. The van der Waals surface area contributed by atoms with E-state index in [1.807, 2.05) is 35.2 Å². The molecule has 3 heterocycles. The molecule has 2 amide bonds. The van der Waals surface area contributed by atoms with Crippen molar-refractivity contribution in [1.82, 2.24) is 26.1 Å². The van der Waals surface area contributed by atoms with E-state index in [4.69, 9.17) is 10.1 Å². The molecule has 2 fully saturated rings. The van der Waals surface area contributed by atoms with Gasteiger partial charge in [0.1, 0.15) is 6.04 Å². The van der Waals surface area contributed by atoms with E-state index < -0.39 is 0 Å². The minimum absolute atomic E-state index is 0.0876. The van der Waals surface area contributed by atoms with Gasteiger partial charge in [0.15, 0.2) is 0 Å². The van der Waals surface area contributed by atoms with Crippen molar-refractivity contribution in [3.8, 4) is 0 Å². The number of rotatable bonds is 6. The number of para-hydroxylation sites is 1. The van der Waals surface area contributed by atoms with Gasteiger partial charge >= 0.3 is 0 Å². The molecule has 1 aromatic heterocycles. The highest BCUT2D eigenvalue weighted by molar-refractivity contribution is 6.06. The molecule has 2 aromatic rings. The molecule has 4 N–H and O–H groups in total. The number of benzene rings is 1. The smallest absolute Gasteiger partial charge is 0.252 e. The van der Waals surface area contributed by atoms with Crippen LogP contribution in [0.4, 0.5) is 0 Å². The summed E-state index contributed by atoms with van der Waals surface area (Å²) in [6.07, 6.45) is 1.79. The van der Waals surface area contributed by atoms with Gasteiger partial charge in [-0.15, -0.1) is 0 Å². The fraction of sp³-hybridized carbons (Fsp3) is 0.522. The second-order valence-corrected chi connectivity index (χ2v) is 8.50. The number of nitrogens with zero attached hydrogens (tertiary/aromatic N) is 2. The number of amides is 2. The summed E-state index contributed by atoms with van der Waals surface area (Å²) in [5.41, 5.74) is 8.57. The SMILES string of the molecule is CCC1NNC(C(=O)N2CCC(c3cc(C(=O)NCCO)c4ccccc4n3)C2)C1C. The van der Waals surface area contributed by atoms with Crippen LogP contribution in [0.15, 0.2) is 30.3 Å². The Balaban J connectivity index is 1.54. The molecule has 0 saturated carbocycles. The molecule has 1 aromatic carbocycles. The van der Waals surface area contributed by atoms with Gasteiger partial charge in [-0.2, -0.15) is 0 Å². The van der Waals surface area contributed by atoms with Crippen LogP contribution in [-0.4, -0.2) is 65.1 Å². The van der Waals surface area contributed by atoms with Crippen LogP contribution in [0, 0.1) is 5.92 Å². The van der Waals surface area contributed by atoms with Crippen LogP contribution >= 0.6 is 0 Å². The zero-order valence-electron chi connectivity index (χ0n) is 18.1. The largest absolute Gasteiger partial charge is 0.395 e. The summed E-state index contributed by atoms with van der Waals surface area (Å²) < 4.78 is 0. The van der Waals surface area contributed by atoms with Crippen LogP contribution in [0.3, 0.4) is 0 Å².